The molecule has 0 N–H and O–H groups in total. The minimum Gasteiger partial charge on any atom is -0.491 e. The lowest BCUT2D eigenvalue weighted by Gasteiger charge is -2.06. The SMILES string of the molecule is COCCOCCOc1cccc(I)c1. The van der Waals surface area contributed by atoms with Crippen LogP contribution in [-0.4, -0.2) is 33.5 Å². The van der Waals surface area contributed by atoms with Crippen molar-refractivity contribution in [3.05, 3.63) is 27.8 Å². The average Bonchev–Trinajstić information content (AvgIpc) is 2.23. The van der Waals surface area contributed by atoms with Gasteiger partial charge in [0.05, 0.1) is 19.8 Å². The highest BCUT2D eigenvalue weighted by Crippen LogP contribution is 2.14. The number of hydrogen-bond acceptors (Lipinski definition) is 3. The molecular weight excluding hydrogens is 307 g/mol. The largest absolute Gasteiger partial charge is 0.491 e. The second kappa shape index (κ2) is 7.90. The first-order valence-corrected chi connectivity index (χ1v) is 5.86. The van der Waals surface area contributed by atoms with E-state index in [-0.39, 0.29) is 0 Å². The van der Waals surface area contributed by atoms with E-state index >= 15 is 0 Å². The predicted molar refractivity (Wildman–Crippen MR) is 67.3 cm³/mol. The fourth-order valence-electron chi connectivity index (χ4n) is 1.02. The number of hydrogen-bond donors (Lipinski definition) is 0. The van der Waals surface area contributed by atoms with Crippen LogP contribution >= 0.6 is 22.6 Å². The predicted octanol–water partition coefficient (Wildman–Crippen LogP) is 2.33. The van der Waals surface area contributed by atoms with Crippen LogP contribution in [0.5, 0.6) is 5.75 Å². The molecule has 0 unspecified atom stereocenters. The molecule has 3 nitrogen and oxygen atoms in total. The number of halogens is 1. The number of ether oxygens (including phenoxy) is 3. The summed E-state index contributed by atoms with van der Waals surface area (Å²) in [5.74, 6) is 0.886. The van der Waals surface area contributed by atoms with E-state index in [0.29, 0.717) is 26.4 Å². The van der Waals surface area contributed by atoms with Crippen molar-refractivity contribution in [2.24, 2.45) is 0 Å². The Balaban J connectivity index is 2.10. The van der Waals surface area contributed by atoms with Crippen molar-refractivity contribution in [1.29, 1.82) is 0 Å². The zero-order valence-corrected chi connectivity index (χ0v) is 10.9. The topological polar surface area (TPSA) is 27.7 Å². The summed E-state index contributed by atoms with van der Waals surface area (Å²) in [5.41, 5.74) is 0. The van der Waals surface area contributed by atoms with E-state index in [9.17, 15) is 0 Å². The third-order valence-electron chi connectivity index (χ3n) is 1.72. The summed E-state index contributed by atoms with van der Waals surface area (Å²) in [6.45, 7) is 2.41. The second-order valence-electron chi connectivity index (χ2n) is 2.91. The molecule has 0 amide bonds. The van der Waals surface area contributed by atoms with E-state index in [2.05, 4.69) is 22.6 Å². The van der Waals surface area contributed by atoms with Gasteiger partial charge in [-0.15, -0.1) is 0 Å². The maximum atomic E-state index is 5.50. The molecule has 0 aliphatic carbocycles. The molecule has 0 aliphatic heterocycles. The van der Waals surface area contributed by atoms with Gasteiger partial charge in [0.1, 0.15) is 12.4 Å². The van der Waals surface area contributed by atoms with Gasteiger partial charge in [0, 0.05) is 10.7 Å². The summed E-state index contributed by atoms with van der Waals surface area (Å²) in [6, 6.07) is 7.94. The minimum atomic E-state index is 0.573. The summed E-state index contributed by atoms with van der Waals surface area (Å²) in [5, 5.41) is 0. The summed E-state index contributed by atoms with van der Waals surface area (Å²) in [7, 11) is 1.66. The van der Waals surface area contributed by atoms with E-state index in [0.717, 1.165) is 5.75 Å². The first-order chi connectivity index (χ1) is 7.33. The summed E-state index contributed by atoms with van der Waals surface area (Å²) < 4.78 is 16.8. The Hall–Kier alpha value is -0.330. The van der Waals surface area contributed by atoms with Crippen LogP contribution in [0.2, 0.25) is 0 Å². The molecule has 0 heterocycles. The zero-order valence-electron chi connectivity index (χ0n) is 8.74. The molecule has 0 aliphatic rings. The van der Waals surface area contributed by atoms with Crippen LogP contribution in [-0.2, 0) is 9.47 Å². The summed E-state index contributed by atoms with van der Waals surface area (Å²) in [6.07, 6.45) is 0. The molecule has 0 saturated heterocycles. The second-order valence-corrected chi connectivity index (χ2v) is 4.16. The van der Waals surface area contributed by atoms with E-state index in [1.54, 1.807) is 7.11 Å². The molecule has 15 heavy (non-hydrogen) atoms. The summed E-state index contributed by atoms with van der Waals surface area (Å²) in [4.78, 5) is 0. The van der Waals surface area contributed by atoms with Crippen molar-refractivity contribution >= 4 is 22.6 Å². The van der Waals surface area contributed by atoms with Gasteiger partial charge in [-0.3, -0.25) is 0 Å². The fourth-order valence-corrected chi connectivity index (χ4v) is 1.53. The number of rotatable bonds is 7. The third kappa shape index (κ3) is 5.96. The molecule has 84 valence electrons. The molecule has 0 atom stereocenters. The molecule has 1 aromatic rings. The van der Waals surface area contributed by atoms with Gasteiger partial charge in [0.15, 0.2) is 0 Å². The lowest BCUT2D eigenvalue weighted by atomic mass is 10.3. The molecule has 0 fully saturated rings. The zero-order chi connectivity index (χ0) is 10.9. The molecule has 1 aromatic carbocycles. The number of methoxy groups -OCH3 is 1. The monoisotopic (exact) mass is 322 g/mol. The van der Waals surface area contributed by atoms with Crippen LogP contribution in [0.1, 0.15) is 0 Å². The highest BCUT2D eigenvalue weighted by Gasteiger charge is 1.94. The van der Waals surface area contributed by atoms with Crippen LogP contribution in [0.25, 0.3) is 0 Å². The fraction of sp³-hybridized carbons (Fsp3) is 0.455. The molecule has 0 radical (unpaired) electrons. The highest BCUT2D eigenvalue weighted by molar-refractivity contribution is 14.1. The van der Waals surface area contributed by atoms with Crippen molar-refractivity contribution in [2.75, 3.05) is 33.5 Å². The van der Waals surface area contributed by atoms with Crippen LogP contribution in [0.3, 0.4) is 0 Å². The lowest BCUT2D eigenvalue weighted by molar-refractivity contribution is 0.0544. The van der Waals surface area contributed by atoms with Crippen molar-refractivity contribution in [3.8, 4) is 5.75 Å². The van der Waals surface area contributed by atoms with E-state index in [4.69, 9.17) is 14.2 Å². The Labute approximate surface area is 104 Å². The van der Waals surface area contributed by atoms with Gasteiger partial charge < -0.3 is 14.2 Å². The molecule has 0 aromatic heterocycles. The van der Waals surface area contributed by atoms with Gasteiger partial charge in [0.25, 0.3) is 0 Å². The van der Waals surface area contributed by atoms with Crippen LogP contribution in [0.4, 0.5) is 0 Å². The molecular formula is C11H15IO3. The maximum Gasteiger partial charge on any atom is 0.120 e. The highest BCUT2D eigenvalue weighted by atomic mass is 127. The Kier molecular flexibility index (Phi) is 6.71. The molecule has 4 heteroatoms. The van der Waals surface area contributed by atoms with Gasteiger partial charge >= 0.3 is 0 Å². The van der Waals surface area contributed by atoms with E-state index in [1.165, 1.54) is 3.57 Å². The Bertz CT molecular complexity index is 278. The molecule has 0 bridgehead atoms. The van der Waals surface area contributed by atoms with Crippen LogP contribution < -0.4 is 4.74 Å². The van der Waals surface area contributed by atoms with Crippen LogP contribution in [0, 0.1) is 3.57 Å². The smallest absolute Gasteiger partial charge is 0.120 e. The maximum absolute atomic E-state index is 5.50. The average molecular weight is 322 g/mol. The number of benzene rings is 1. The Morgan fingerprint density at radius 3 is 2.67 bits per heavy atom. The molecule has 0 saturated carbocycles. The molecule has 0 spiro atoms. The van der Waals surface area contributed by atoms with Gasteiger partial charge in [-0.05, 0) is 40.8 Å². The standard InChI is InChI=1S/C11H15IO3/c1-13-5-6-14-7-8-15-11-4-2-3-10(12)9-11/h2-4,9H,5-8H2,1H3. The van der Waals surface area contributed by atoms with Crippen molar-refractivity contribution in [3.63, 3.8) is 0 Å². The van der Waals surface area contributed by atoms with E-state index in [1.807, 2.05) is 24.3 Å². The quantitative estimate of drug-likeness (QED) is 0.570. The third-order valence-corrected chi connectivity index (χ3v) is 2.40. The first-order valence-electron chi connectivity index (χ1n) is 4.78. The van der Waals surface area contributed by atoms with Crippen molar-refractivity contribution < 1.29 is 14.2 Å². The van der Waals surface area contributed by atoms with Crippen LogP contribution in [0.15, 0.2) is 24.3 Å². The lowest BCUT2D eigenvalue weighted by Crippen LogP contribution is -2.09. The van der Waals surface area contributed by atoms with Crippen molar-refractivity contribution in [2.45, 2.75) is 0 Å². The normalized spacial score (nSPS) is 10.3. The van der Waals surface area contributed by atoms with E-state index < -0.39 is 0 Å². The Morgan fingerprint density at radius 2 is 1.93 bits per heavy atom. The van der Waals surface area contributed by atoms with Gasteiger partial charge in [0.2, 0.25) is 0 Å². The summed E-state index contributed by atoms with van der Waals surface area (Å²) >= 11 is 2.26. The van der Waals surface area contributed by atoms with Crippen molar-refractivity contribution in [1.82, 2.24) is 0 Å². The Morgan fingerprint density at radius 1 is 1.13 bits per heavy atom. The van der Waals surface area contributed by atoms with Gasteiger partial charge in [-0.25, -0.2) is 0 Å². The first kappa shape index (κ1) is 12.7. The van der Waals surface area contributed by atoms with Gasteiger partial charge in [-0.2, -0.15) is 0 Å². The minimum absolute atomic E-state index is 0.573. The van der Waals surface area contributed by atoms with Gasteiger partial charge in [-0.1, -0.05) is 6.07 Å². The molecule has 1 rings (SSSR count).